The van der Waals surface area contributed by atoms with Crippen molar-refractivity contribution in [2.45, 2.75) is 6.42 Å². The molecule has 0 spiro atoms. The molecule has 14 heavy (non-hydrogen) atoms. The lowest BCUT2D eigenvalue weighted by atomic mass is 10.1. The Morgan fingerprint density at radius 3 is 2.93 bits per heavy atom. The van der Waals surface area contributed by atoms with Crippen LogP contribution in [0.4, 0.5) is 0 Å². The summed E-state index contributed by atoms with van der Waals surface area (Å²) in [6.07, 6.45) is 1.93. The van der Waals surface area contributed by atoms with E-state index in [1.807, 2.05) is 24.3 Å². The SMILES string of the molecule is COc1ccccc1Cc1nnco1. The van der Waals surface area contributed by atoms with Gasteiger partial charge in [0.25, 0.3) is 0 Å². The van der Waals surface area contributed by atoms with Crippen LogP contribution in [0.2, 0.25) is 0 Å². The largest absolute Gasteiger partial charge is 0.496 e. The van der Waals surface area contributed by atoms with Crippen molar-refractivity contribution in [1.82, 2.24) is 10.2 Å². The fourth-order valence-electron chi connectivity index (χ4n) is 1.28. The molecule has 1 heterocycles. The van der Waals surface area contributed by atoms with E-state index in [0.717, 1.165) is 11.3 Å². The summed E-state index contributed by atoms with van der Waals surface area (Å²) in [5.74, 6) is 1.43. The zero-order chi connectivity index (χ0) is 9.80. The molecule has 0 N–H and O–H groups in total. The molecule has 0 aliphatic heterocycles. The van der Waals surface area contributed by atoms with Crippen LogP contribution in [0, 0.1) is 0 Å². The Bertz CT molecular complexity index is 398. The average Bonchev–Trinajstić information content (AvgIpc) is 2.71. The summed E-state index contributed by atoms with van der Waals surface area (Å²) in [6.45, 7) is 0. The summed E-state index contributed by atoms with van der Waals surface area (Å²) in [6, 6.07) is 7.76. The van der Waals surface area contributed by atoms with Gasteiger partial charge in [0.2, 0.25) is 12.3 Å². The first kappa shape index (κ1) is 8.74. The van der Waals surface area contributed by atoms with Crippen molar-refractivity contribution in [1.29, 1.82) is 0 Å². The quantitative estimate of drug-likeness (QED) is 0.738. The second-order valence-electron chi connectivity index (χ2n) is 2.82. The molecule has 4 heteroatoms. The van der Waals surface area contributed by atoms with E-state index in [0.29, 0.717) is 12.3 Å². The van der Waals surface area contributed by atoms with Gasteiger partial charge in [-0.25, -0.2) is 0 Å². The summed E-state index contributed by atoms with van der Waals surface area (Å²) in [5.41, 5.74) is 1.04. The average molecular weight is 190 g/mol. The van der Waals surface area contributed by atoms with Crippen LogP contribution in [0.3, 0.4) is 0 Å². The zero-order valence-corrected chi connectivity index (χ0v) is 7.80. The smallest absolute Gasteiger partial charge is 0.220 e. The van der Waals surface area contributed by atoms with Gasteiger partial charge in [0.05, 0.1) is 13.5 Å². The molecule has 0 aliphatic carbocycles. The highest BCUT2D eigenvalue weighted by molar-refractivity contribution is 5.34. The van der Waals surface area contributed by atoms with E-state index >= 15 is 0 Å². The Morgan fingerprint density at radius 1 is 1.36 bits per heavy atom. The molecule has 1 aromatic heterocycles. The van der Waals surface area contributed by atoms with Gasteiger partial charge in [-0.1, -0.05) is 18.2 Å². The summed E-state index contributed by atoms with van der Waals surface area (Å²) in [7, 11) is 1.65. The van der Waals surface area contributed by atoms with E-state index in [-0.39, 0.29) is 0 Å². The van der Waals surface area contributed by atoms with E-state index in [4.69, 9.17) is 9.15 Å². The lowest BCUT2D eigenvalue weighted by Crippen LogP contribution is -1.93. The Labute approximate surface area is 81.5 Å². The van der Waals surface area contributed by atoms with Gasteiger partial charge >= 0.3 is 0 Å². The van der Waals surface area contributed by atoms with Crippen LogP contribution >= 0.6 is 0 Å². The van der Waals surface area contributed by atoms with Gasteiger partial charge in [0.15, 0.2) is 0 Å². The molecule has 0 fully saturated rings. The molecule has 0 radical (unpaired) electrons. The molecular weight excluding hydrogens is 180 g/mol. The minimum absolute atomic E-state index is 0.592. The monoisotopic (exact) mass is 190 g/mol. The summed E-state index contributed by atoms with van der Waals surface area (Å²) in [5, 5.41) is 7.43. The highest BCUT2D eigenvalue weighted by Crippen LogP contribution is 2.19. The lowest BCUT2D eigenvalue weighted by molar-refractivity contribution is 0.408. The van der Waals surface area contributed by atoms with Gasteiger partial charge in [-0.3, -0.25) is 0 Å². The second-order valence-corrected chi connectivity index (χ2v) is 2.82. The molecule has 0 amide bonds. The topological polar surface area (TPSA) is 48.2 Å². The summed E-state index contributed by atoms with van der Waals surface area (Å²) in [4.78, 5) is 0. The van der Waals surface area contributed by atoms with E-state index in [9.17, 15) is 0 Å². The first-order valence-electron chi connectivity index (χ1n) is 4.27. The molecule has 2 rings (SSSR count). The number of methoxy groups -OCH3 is 1. The second kappa shape index (κ2) is 3.91. The van der Waals surface area contributed by atoms with Gasteiger partial charge in [0, 0.05) is 5.56 Å². The lowest BCUT2D eigenvalue weighted by Gasteiger charge is -2.04. The van der Waals surface area contributed by atoms with E-state index in [2.05, 4.69) is 10.2 Å². The third-order valence-electron chi connectivity index (χ3n) is 1.94. The number of nitrogens with zero attached hydrogens (tertiary/aromatic N) is 2. The maximum Gasteiger partial charge on any atom is 0.220 e. The minimum atomic E-state index is 0.592. The van der Waals surface area contributed by atoms with Crippen molar-refractivity contribution in [3.8, 4) is 5.75 Å². The van der Waals surface area contributed by atoms with Crippen LogP contribution in [-0.2, 0) is 6.42 Å². The molecule has 4 nitrogen and oxygen atoms in total. The number of para-hydroxylation sites is 1. The molecule has 1 aromatic carbocycles. The highest BCUT2D eigenvalue weighted by Gasteiger charge is 2.05. The molecule has 72 valence electrons. The van der Waals surface area contributed by atoms with Crippen LogP contribution in [0.25, 0.3) is 0 Å². The van der Waals surface area contributed by atoms with Gasteiger partial charge in [-0.2, -0.15) is 0 Å². The Hall–Kier alpha value is -1.84. The summed E-state index contributed by atoms with van der Waals surface area (Å²) < 4.78 is 10.3. The molecular formula is C10H10N2O2. The Balaban J connectivity index is 2.24. The maximum absolute atomic E-state index is 5.20. The Morgan fingerprint density at radius 2 is 2.21 bits per heavy atom. The number of rotatable bonds is 3. The van der Waals surface area contributed by atoms with Crippen LogP contribution in [-0.4, -0.2) is 17.3 Å². The number of benzene rings is 1. The van der Waals surface area contributed by atoms with Crippen molar-refractivity contribution in [2.24, 2.45) is 0 Å². The standard InChI is InChI=1S/C10H10N2O2/c1-13-9-5-3-2-4-8(9)6-10-12-11-7-14-10/h2-5,7H,6H2,1H3. The van der Waals surface area contributed by atoms with Crippen LogP contribution in [0.15, 0.2) is 35.1 Å². The molecule has 0 aliphatic rings. The first-order valence-corrected chi connectivity index (χ1v) is 4.27. The molecule has 0 saturated carbocycles. The Kier molecular flexibility index (Phi) is 2.44. The highest BCUT2D eigenvalue weighted by atomic mass is 16.5. The van der Waals surface area contributed by atoms with E-state index in [1.165, 1.54) is 6.39 Å². The van der Waals surface area contributed by atoms with Crippen molar-refractivity contribution in [3.63, 3.8) is 0 Å². The molecule has 0 atom stereocenters. The molecule has 0 bridgehead atoms. The summed E-state index contributed by atoms with van der Waals surface area (Å²) >= 11 is 0. The van der Waals surface area contributed by atoms with Crippen LogP contribution < -0.4 is 4.74 Å². The third kappa shape index (κ3) is 1.74. The fourth-order valence-corrected chi connectivity index (χ4v) is 1.28. The van der Waals surface area contributed by atoms with Crippen molar-refractivity contribution in [3.05, 3.63) is 42.1 Å². The van der Waals surface area contributed by atoms with Crippen molar-refractivity contribution in [2.75, 3.05) is 7.11 Å². The number of hydrogen-bond acceptors (Lipinski definition) is 4. The van der Waals surface area contributed by atoms with Gasteiger partial charge < -0.3 is 9.15 Å². The predicted molar refractivity (Wildman–Crippen MR) is 50.1 cm³/mol. The predicted octanol–water partition coefficient (Wildman–Crippen LogP) is 1.67. The molecule has 0 saturated heterocycles. The van der Waals surface area contributed by atoms with Gasteiger partial charge in [0.1, 0.15) is 5.75 Å². The van der Waals surface area contributed by atoms with Crippen LogP contribution in [0.5, 0.6) is 5.75 Å². The minimum Gasteiger partial charge on any atom is -0.496 e. The molecule has 2 aromatic rings. The third-order valence-corrected chi connectivity index (χ3v) is 1.94. The number of ether oxygens (including phenoxy) is 1. The normalized spacial score (nSPS) is 10.1. The first-order chi connectivity index (χ1) is 6.90. The van der Waals surface area contributed by atoms with Gasteiger partial charge in [-0.15, -0.1) is 10.2 Å². The van der Waals surface area contributed by atoms with Crippen LogP contribution in [0.1, 0.15) is 11.5 Å². The number of aromatic nitrogens is 2. The number of hydrogen-bond donors (Lipinski definition) is 0. The van der Waals surface area contributed by atoms with Crippen molar-refractivity contribution < 1.29 is 9.15 Å². The fraction of sp³-hybridized carbons (Fsp3) is 0.200. The van der Waals surface area contributed by atoms with Crippen molar-refractivity contribution >= 4 is 0 Å². The van der Waals surface area contributed by atoms with Gasteiger partial charge in [-0.05, 0) is 6.07 Å². The zero-order valence-electron chi connectivity index (χ0n) is 7.80. The molecule has 0 unspecified atom stereocenters. The van der Waals surface area contributed by atoms with E-state index < -0.39 is 0 Å². The maximum atomic E-state index is 5.20. The van der Waals surface area contributed by atoms with E-state index in [1.54, 1.807) is 7.11 Å².